The van der Waals surface area contributed by atoms with Crippen LogP contribution in [0.5, 0.6) is 0 Å². The first-order valence-electron chi connectivity index (χ1n) is 11.1. The van der Waals surface area contributed by atoms with Crippen molar-refractivity contribution in [3.63, 3.8) is 0 Å². The highest BCUT2D eigenvalue weighted by molar-refractivity contribution is 7.89. The predicted octanol–water partition coefficient (Wildman–Crippen LogP) is 2.50. The number of sulfonamides is 1. The van der Waals surface area contributed by atoms with E-state index in [-0.39, 0.29) is 0 Å². The average molecular weight is 438 g/mol. The molecule has 0 aromatic heterocycles. The van der Waals surface area contributed by atoms with E-state index in [2.05, 4.69) is 41.3 Å². The van der Waals surface area contributed by atoms with Crippen molar-refractivity contribution in [3.8, 4) is 0 Å². The lowest BCUT2D eigenvalue weighted by Gasteiger charge is -2.32. The van der Waals surface area contributed by atoms with Crippen LogP contribution in [-0.4, -0.2) is 69.4 Å². The molecule has 1 atom stereocenters. The lowest BCUT2D eigenvalue weighted by Crippen LogP contribution is -2.47. The van der Waals surface area contributed by atoms with Crippen molar-refractivity contribution in [3.05, 3.63) is 29.8 Å². The Morgan fingerprint density at radius 3 is 2.40 bits per heavy atom. The van der Waals surface area contributed by atoms with Gasteiger partial charge >= 0.3 is 0 Å². The number of nitrogens with one attached hydrogen (secondary N) is 2. The van der Waals surface area contributed by atoms with Gasteiger partial charge in [0.05, 0.1) is 11.4 Å². The lowest BCUT2D eigenvalue weighted by atomic mass is 10.0. The molecule has 170 valence electrons. The minimum Gasteiger partial charge on any atom is -0.357 e. The Hall–Kier alpha value is -1.64. The topological polar surface area (TPSA) is 77.0 Å². The molecule has 1 aromatic carbocycles. The average Bonchev–Trinajstić information content (AvgIpc) is 2.71. The maximum absolute atomic E-state index is 13.2. The summed E-state index contributed by atoms with van der Waals surface area (Å²) in [6, 6.07) is 7.52. The van der Waals surface area contributed by atoms with Crippen LogP contribution >= 0.6 is 0 Å². The molecule has 1 aromatic rings. The lowest BCUT2D eigenvalue weighted by molar-refractivity contribution is 0.222. The number of piperazine rings is 1. The Bertz CT molecular complexity index is 786. The van der Waals surface area contributed by atoms with E-state index in [1.165, 1.54) is 0 Å². The zero-order chi connectivity index (χ0) is 22.1. The summed E-state index contributed by atoms with van der Waals surface area (Å²) in [4.78, 5) is 7.20. The first-order chi connectivity index (χ1) is 14.2. The van der Waals surface area contributed by atoms with E-state index >= 15 is 0 Å². The van der Waals surface area contributed by atoms with Crippen molar-refractivity contribution in [1.29, 1.82) is 0 Å². The molecule has 0 bridgehead atoms. The molecule has 0 aliphatic carbocycles. The van der Waals surface area contributed by atoms with Crippen LogP contribution in [0.4, 0.5) is 0 Å². The van der Waals surface area contributed by atoms with E-state index in [9.17, 15) is 8.42 Å². The predicted molar refractivity (Wildman–Crippen MR) is 124 cm³/mol. The van der Waals surface area contributed by atoms with Crippen LogP contribution in [0.15, 0.2) is 34.2 Å². The second kappa shape index (κ2) is 11.7. The van der Waals surface area contributed by atoms with Gasteiger partial charge in [-0.05, 0) is 51.3 Å². The minimum absolute atomic E-state index is 0.300. The fraction of sp³-hybridized carbons (Fsp3) is 0.682. The molecule has 8 heteroatoms. The van der Waals surface area contributed by atoms with Crippen molar-refractivity contribution >= 4 is 16.0 Å². The Labute approximate surface area is 183 Å². The Kier molecular flexibility index (Phi) is 9.58. The van der Waals surface area contributed by atoms with Gasteiger partial charge in [-0.2, -0.15) is 4.31 Å². The SMILES string of the molecule is CCNC(=NCc1ccccc1S(=O)(=O)N1CCN(C)CC1)NC(C)CCC(C)C. The van der Waals surface area contributed by atoms with Gasteiger partial charge in [0.15, 0.2) is 5.96 Å². The number of nitrogens with zero attached hydrogens (tertiary/aromatic N) is 3. The summed E-state index contributed by atoms with van der Waals surface area (Å²) in [6.07, 6.45) is 2.22. The van der Waals surface area contributed by atoms with E-state index in [1.807, 2.05) is 26.1 Å². The molecule has 1 aliphatic rings. The maximum Gasteiger partial charge on any atom is 0.243 e. The van der Waals surface area contributed by atoms with E-state index in [4.69, 9.17) is 0 Å². The monoisotopic (exact) mass is 437 g/mol. The molecule has 1 unspecified atom stereocenters. The van der Waals surface area contributed by atoms with Gasteiger partial charge in [-0.1, -0.05) is 32.0 Å². The molecular formula is C22H39N5O2S. The molecule has 0 amide bonds. The van der Waals surface area contributed by atoms with Crippen LogP contribution in [0.3, 0.4) is 0 Å². The van der Waals surface area contributed by atoms with Crippen molar-refractivity contribution in [2.75, 3.05) is 39.8 Å². The summed E-state index contributed by atoms with van der Waals surface area (Å²) in [6.45, 7) is 12.3. The molecule has 1 fully saturated rings. The van der Waals surface area contributed by atoms with Gasteiger partial charge in [-0.3, -0.25) is 0 Å². The Morgan fingerprint density at radius 2 is 1.77 bits per heavy atom. The second-order valence-corrected chi connectivity index (χ2v) is 10.4. The van der Waals surface area contributed by atoms with E-state index in [0.717, 1.165) is 44.0 Å². The van der Waals surface area contributed by atoms with Crippen LogP contribution in [-0.2, 0) is 16.6 Å². The highest BCUT2D eigenvalue weighted by Crippen LogP contribution is 2.22. The zero-order valence-corrected chi connectivity index (χ0v) is 20.0. The molecular weight excluding hydrogens is 398 g/mol. The highest BCUT2D eigenvalue weighted by atomic mass is 32.2. The van der Waals surface area contributed by atoms with Gasteiger partial charge in [0.2, 0.25) is 10.0 Å². The van der Waals surface area contributed by atoms with Gasteiger partial charge in [0.1, 0.15) is 0 Å². The normalized spacial score (nSPS) is 17.9. The number of likely N-dealkylation sites (N-methyl/N-ethyl adjacent to an activating group) is 1. The number of rotatable bonds is 9. The number of guanidine groups is 1. The Balaban J connectivity index is 2.15. The largest absolute Gasteiger partial charge is 0.357 e. The van der Waals surface area contributed by atoms with Crippen molar-refractivity contribution in [1.82, 2.24) is 19.8 Å². The van der Waals surface area contributed by atoms with Crippen molar-refractivity contribution in [2.45, 2.75) is 58.0 Å². The molecule has 1 saturated heterocycles. The van der Waals surface area contributed by atoms with Crippen LogP contribution in [0.1, 0.15) is 46.1 Å². The molecule has 0 spiro atoms. The van der Waals surface area contributed by atoms with Crippen molar-refractivity contribution < 1.29 is 8.42 Å². The van der Waals surface area contributed by atoms with Crippen LogP contribution in [0, 0.1) is 5.92 Å². The van der Waals surface area contributed by atoms with Gasteiger partial charge in [0.25, 0.3) is 0 Å². The van der Waals surface area contributed by atoms with Gasteiger partial charge in [-0.15, -0.1) is 0 Å². The summed E-state index contributed by atoms with van der Waals surface area (Å²) in [5.74, 6) is 1.39. The first-order valence-corrected chi connectivity index (χ1v) is 12.5. The quantitative estimate of drug-likeness (QED) is 0.459. The van der Waals surface area contributed by atoms with Gasteiger partial charge in [0, 0.05) is 38.8 Å². The number of hydrogen-bond donors (Lipinski definition) is 2. The summed E-state index contributed by atoms with van der Waals surface area (Å²) < 4.78 is 28.1. The highest BCUT2D eigenvalue weighted by Gasteiger charge is 2.29. The smallest absolute Gasteiger partial charge is 0.243 e. The Morgan fingerprint density at radius 1 is 1.10 bits per heavy atom. The fourth-order valence-corrected chi connectivity index (χ4v) is 5.06. The third kappa shape index (κ3) is 7.25. The van der Waals surface area contributed by atoms with Gasteiger partial charge < -0.3 is 15.5 Å². The summed E-state index contributed by atoms with van der Waals surface area (Å²) in [5, 5.41) is 6.71. The standard InChI is InChI=1S/C22H39N5O2S/c1-6-23-22(25-19(4)12-11-18(2)3)24-17-20-9-7-8-10-21(20)30(28,29)27-15-13-26(5)14-16-27/h7-10,18-19H,6,11-17H2,1-5H3,(H2,23,24,25). The van der Waals surface area contributed by atoms with E-state index in [1.54, 1.807) is 16.4 Å². The minimum atomic E-state index is -3.52. The summed E-state index contributed by atoms with van der Waals surface area (Å²) in [5.41, 5.74) is 0.725. The summed E-state index contributed by atoms with van der Waals surface area (Å²) in [7, 11) is -1.50. The molecule has 1 heterocycles. The van der Waals surface area contributed by atoms with Gasteiger partial charge in [-0.25, -0.2) is 13.4 Å². The second-order valence-electron chi connectivity index (χ2n) is 8.53. The van der Waals surface area contributed by atoms with Crippen molar-refractivity contribution in [2.24, 2.45) is 10.9 Å². The van der Waals surface area contributed by atoms with Crippen LogP contribution < -0.4 is 10.6 Å². The van der Waals surface area contributed by atoms with Crippen LogP contribution in [0.2, 0.25) is 0 Å². The number of benzene rings is 1. The number of aliphatic imine (C=N–C) groups is 1. The van der Waals surface area contributed by atoms with Crippen LogP contribution in [0.25, 0.3) is 0 Å². The van der Waals surface area contributed by atoms with E-state index in [0.29, 0.717) is 36.5 Å². The molecule has 0 saturated carbocycles. The third-order valence-corrected chi connectivity index (χ3v) is 7.36. The number of hydrogen-bond acceptors (Lipinski definition) is 4. The molecule has 2 rings (SSSR count). The maximum atomic E-state index is 13.2. The zero-order valence-electron chi connectivity index (χ0n) is 19.2. The third-order valence-electron chi connectivity index (χ3n) is 5.36. The fourth-order valence-electron chi connectivity index (χ4n) is 3.43. The molecule has 30 heavy (non-hydrogen) atoms. The summed E-state index contributed by atoms with van der Waals surface area (Å²) >= 11 is 0. The molecule has 1 aliphatic heterocycles. The van der Waals surface area contributed by atoms with E-state index < -0.39 is 10.0 Å². The molecule has 2 N–H and O–H groups in total. The molecule has 0 radical (unpaired) electrons. The first kappa shape index (κ1) is 24.6. The molecule has 7 nitrogen and oxygen atoms in total.